The largest absolute Gasteiger partial charge is 0.465 e. The number of carbonyl (C=O) groups is 1. The molecule has 3 heterocycles. The van der Waals surface area contributed by atoms with Crippen molar-refractivity contribution in [3.63, 3.8) is 0 Å². The summed E-state index contributed by atoms with van der Waals surface area (Å²) in [5.74, 6) is -0.350. The molecule has 0 atom stereocenters. The quantitative estimate of drug-likeness (QED) is 0.772. The lowest BCUT2D eigenvalue weighted by Crippen LogP contribution is -2.04. The Morgan fingerprint density at radius 2 is 2.37 bits per heavy atom. The van der Waals surface area contributed by atoms with Crippen molar-refractivity contribution in [3.8, 4) is 0 Å². The van der Waals surface area contributed by atoms with Crippen molar-refractivity contribution < 1.29 is 14.3 Å². The van der Waals surface area contributed by atoms with E-state index in [4.69, 9.17) is 9.47 Å². The van der Waals surface area contributed by atoms with Gasteiger partial charge in [-0.15, -0.1) is 0 Å². The third-order valence-electron chi connectivity index (χ3n) is 3.21. The van der Waals surface area contributed by atoms with Crippen molar-refractivity contribution in [2.24, 2.45) is 0 Å². The van der Waals surface area contributed by atoms with E-state index in [-0.39, 0.29) is 5.97 Å². The molecule has 1 aliphatic rings. The first-order chi connectivity index (χ1) is 9.28. The number of hydrogen-bond acceptors (Lipinski definition) is 4. The summed E-state index contributed by atoms with van der Waals surface area (Å²) in [5.41, 5.74) is 3.70. The lowest BCUT2D eigenvalue weighted by atomic mass is 10.0. The van der Waals surface area contributed by atoms with Gasteiger partial charge in [0.05, 0.1) is 37.6 Å². The minimum absolute atomic E-state index is 0.350. The van der Waals surface area contributed by atoms with Crippen molar-refractivity contribution in [1.29, 1.82) is 0 Å². The van der Waals surface area contributed by atoms with Gasteiger partial charge in [-0.2, -0.15) is 5.10 Å². The van der Waals surface area contributed by atoms with Crippen LogP contribution in [0, 0.1) is 0 Å². The van der Waals surface area contributed by atoms with E-state index in [0.29, 0.717) is 12.2 Å². The maximum Gasteiger partial charge on any atom is 0.339 e. The lowest BCUT2D eigenvalue weighted by Gasteiger charge is -2.13. The Hall–Kier alpha value is -2.14. The van der Waals surface area contributed by atoms with Crippen LogP contribution in [0.5, 0.6) is 0 Å². The molecule has 3 rings (SSSR count). The third-order valence-corrected chi connectivity index (χ3v) is 3.21. The van der Waals surface area contributed by atoms with Crippen molar-refractivity contribution in [2.75, 3.05) is 20.3 Å². The average Bonchev–Trinajstić information content (AvgIpc) is 2.90. The summed E-state index contributed by atoms with van der Waals surface area (Å²) in [5, 5.41) is 4.32. The predicted octanol–water partition coefficient (Wildman–Crippen LogP) is 1.92. The Balaban J connectivity index is 2.00. The monoisotopic (exact) mass is 258 g/mol. The number of fused-ring (bicyclic) bond motifs is 1. The van der Waals surface area contributed by atoms with Crippen molar-refractivity contribution in [1.82, 2.24) is 9.61 Å². The van der Waals surface area contributed by atoms with E-state index in [9.17, 15) is 4.79 Å². The lowest BCUT2D eigenvalue weighted by molar-refractivity contribution is 0.0601. The molecular weight excluding hydrogens is 244 g/mol. The van der Waals surface area contributed by atoms with Crippen LogP contribution >= 0.6 is 0 Å². The fourth-order valence-electron chi connectivity index (χ4n) is 2.19. The number of nitrogens with zero attached hydrogens (tertiary/aromatic N) is 2. The van der Waals surface area contributed by atoms with E-state index in [1.807, 2.05) is 12.3 Å². The summed E-state index contributed by atoms with van der Waals surface area (Å²) in [6.07, 6.45) is 6.44. The zero-order valence-electron chi connectivity index (χ0n) is 10.6. The Morgan fingerprint density at radius 3 is 3.11 bits per heavy atom. The highest BCUT2D eigenvalue weighted by Crippen LogP contribution is 2.22. The normalized spacial score (nSPS) is 15.3. The molecule has 0 N–H and O–H groups in total. The topological polar surface area (TPSA) is 52.8 Å². The summed E-state index contributed by atoms with van der Waals surface area (Å²) in [6, 6.07) is 3.80. The molecule has 0 unspecified atom stereocenters. The Bertz CT molecular complexity index is 658. The summed E-state index contributed by atoms with van der Waals surface area (Å²) < 4.78 is 11.7. The first-order valence-corrected chi connectivity index (χ1v) is 6.12. The van der Waals surface area contributed by atoms with E-state index < -0.39 is 0 Å². The van der Waals surface area contributed by atoms with E-state index in [1.54, 1.807) is 16.8 Å². The molecular formula is C14H14N2O3. The first-order valence-electron chi connectivity index (χ1n) is 6.12. The second-order valence-electron chi connectivity index (χ2n) is 4.39. The summed E-state index contributed by atoms with van der Waals surface area (Å²) >= 11 is 0. The Labute approximate surface area is 110 Å². The van der Waals surface area contributed by atoms with Gasteiger partial charge in [-0.05, 0) is 29.7 Å². The molecule has 0 aliphatic carbocycles. The molecule has 0 radical (unpaired) electrons. The standard InChI is InChI=1S/C14H14N2O3/c1-18-14(17)12-7-13-6-11(8-15-16(13)9-12)10-2-4-19-5-3-10/h2,6-9H,3-5H2,1H3. The van der Waals surface area contributed by atoms with Crippen LogP contribution in [0.15, 0.2) is 30.6 Å². The molecule has 2 aromatic heterocycles. The van der Waals surface area contributed by atoms with E-state index >= 15 is 0 Å². The predicted molar refractivity (Wildman–Crippen MR) is 69.9 cm³/mol. The van der Waals surface area contributed by atoms with E-state index in [0.717, 1.165) is 24.1 Å². The molecule has 0 saturated heterocycles. The molecule has 0 saturated carbocycles. The zero-order valence-corrected chi connectivity index (χ0v) is 10.6. The summed E-state index contributed by atoms with van der Waals surface area (Å²) in [7, 11) is 1.37. The number of esters is 1. The van der Waals surface area contributed by atoms with Crippen LogP contribution in [0.2, 0.25) is 0 Å². The number of aromatic nitrogens is 2. The third kappa shape index (κ3) is 2.24. The number of ether oxygens (including phenoxy) is 2. The number of hydrogen-bond donors (Lipinski definition) is 0. The number of carbonyl (C=O) groups excluding carboxylic acids is 1. The fraction of sp³-hybridized carbons (Fsp3) is 0.286. The molecule has 0 aromatic carbocycles. The minimum atomic E-state index is -0.350. The second kappa shape index (κ2) is 4.85. The zero-order chi connectivity index (χ0) is 13.2. The van der Waals surface area contributed by atoms with Crippen LogP contribution in [0.1, 0.15) is 22.3 Å². The van der Waals surface area contributed by atoms with Gasteiger partial charge in [-0.3, -0.25) is 0 Å². The Kier molecular flexibility index (Phi) is 3.05. The van der Waals surface area contributed by atoms with Crippen molar-refractivity contribution >= 4 is 17.1 Å². The highest BCUT2D eigenvalue weighted by atomic mass is 16.5. The molecule has 98 valence electrons. The molecule has 0 spiro atoms. The maximum atomic E-state index is 11.5. The smallest absolute Gasteiger partial charge is 0.339 e. The van der Waals surface area contributed by atoms with Gasteiger partial charge in [0.1, 0.15) is 0 Å². The number of methoxy groups -OCH3 is 1. The van der Waals surface area contributed by atoms with Gasteiger partial charge in [0.15, 0.2) is 0 Å². The van der Waals surface area contributed by atoms with Gasteiger partial charge in [0.2, 0.25) is 0 Å². The van der Waals surface area contributed by atoms with Crippen LogP contribution in [0.4, 0.5) is 0 Å². The molecule has 0 fully saturated rings. The average molecular weight is 258 g/mol. The molecule has 5 heteroatoms. The molecule has 0 amide bonds. The van der Waals surface area contributed by atoms with Crippen molar-refractivity contribution in [2.45, 2.75) is 6.42 Å². The molecule has 2 aromatic rings. The molecule has 0 bridgehead atoms. The van der Waals surface area contributed by atoms with Crippen LogP contribution < -0.4 is 0 Å². The van der Waals surface area contributed by atoms with Gasteiger partial charge in [0.25, 0.3) is 0 Å². The van der Waals surface area contributed by atoms with Crippen molar-refractivity contribution in [3.05, 3.63) is 41.7 Å². The maximum absolute atomic E-state index is 11.5. The van der Waals surface area contributed by atoms with E-state index in [1.165, 1.54) is 12.7 Å². The Morgan fingerprint density at radius 1 is 1.47 bits per heavy atom. The fourth-order valence-corrected chi connectivity index (χ4v) is 2.19. The highest BCUT2D eigenvalue weighted by Gasteiger charge is 2.11. The molecule has 1 aliphatic heterocycles. The first kappa shape index (κ1) is 11.9. The summed E-state index contributed by atoms with van der Waals surface area (Å²) in [6.45, 7) is 1.39. The SMILES string of the molecule is COC(=O)c1cc2cc(C3=CCOCC3)cnn2c1. The van der Waals surface area contributed by atoms with Crippen LogP contribution in [0.3, 0.4) is 0 Å². The van der Waals surface area contributed by atoms with Gasteiger partial charge in [0, 0.05) is 6.20 Å². The summed E-state index contributed by atoms with van der Waals surface area (Å²) in [4.78, 5) is 11.5. The second-order valence-corrected chi connectivity index (χ2v) is 4.39. The van der Waals surface area contributed by atoms with Gasteiger partial charge >= 0.3 is 5.97 Å². The number of rotatable bonds is 2. The van der Waals surface area contributed by atoms with Gasteiger partial charge in [-0.1, -0.05) is 6.08 Å². The van der Waals surface area contributed by atoms with Crippen LogP contribution in [-0.2, 0) is 9.47 Å². The highest BCUT2D eigenvalue weighted by molar-refractivity contribution is 5.91. The van der Waals surface area contributed by atoms with Crippen LogP contribution in [0.25, 0.3) is 11.1 Å². The van der Waals surface area contributed by atoms with Gasteiger partial charge in [-0.25, -0.2) is 9.31 Å². The minimum Gasteiger partial charge on any atom is -0.465 e. The molecule has 5 nitrogen and oxygen atoms in total. The van der Waals surface area contributed by atoms with Crippen LogP contribution in [-0.4, -0.2) is 35.9 Å². The van der Waals surface area contributed by atoms with Gasteiger partial charge < -0.3 is 9.47 Å². The molecule has 19 heavy (non-hydrogen) atoms. The van der Waals surface area contributed by atoms with E-state index in [2.05, 4.69) is 11.2 Å².